The Balaban J connectivity index is 2.27. The number of aromatic hydroxyl groups is 1. The van der Waals surface area contributed by atoms with Crippen LogP contribution in [0.3, 0.4) is 0 Å². The summed E-state index contributed by atoms with van der Waals surface area (Å²) in [5.41, 5.74) is 1.23. The summed E-state index contributed by atoms with van der Waals surface area (Å²) in [4.78, 5) is 11.4. The second kappa shape index (κ2) is 6.31. The third kappa shape index (κ3) is 5.99. The Labute approximate surface area is 114 Å². The van der Waals surface area contributed by atoms with Gasteiger partial charge >= 0.3 is 6.09 Å². The first-order chi connectivity index (χ1) is 8.78. The molecule has 0 saturated heterocycles. The van der Waals surface area contributed by atoms with E-state index < -0.39 is 11.7 Å². The Morgan fingerprint density at radius 1 is 1.32 bits per heavy atom. The van der Waals surface area contributed by atoms with Crippen molar-refractivity contribution in [2.75, 3.05) is 18.4 Å². The molecule has 0 saturated carbocycles. The highest BCUT2D eigenvalue weighted by atomic mass is 16.6. The zero-order valence-electron chi connectivity index (χ0n) is 11.9. The Hall–Kier alpha value is -1.91. The summed E-state index contributed by atoms with van der Waals surface area (Å²) in [6.45, 7) is 8.36. The molecule has 3 N–H and O–H groups in total. The summed E-state index contributed by atoms with van der Waals surface area (Å²) in [5, 5.41) is 15.2. The van der Waals surface area contributed by atoms with Crippen molar-refractivity contribution in [1.82, 2.24) is 5.32 Å². The predicted molar refractivity (Wildman–Crippen MR) is 75.6 cm³/mol. The lowest BCUT2D eigenvalue weighted by atomic mass is 10.2. The molecule has 5 nitrogen and oxygen atoms in total. The molecule has 5 heteroatoms. The maximum Gasteiger partial charge on any atom is 0.407 e. The zero-order chi connectivity index (χ0) is 14.5. The number of alkyl carbamates (subject to hydrolysis) is 1. The predicted octanol–water partition coefficient (Wildman–Crippen LogP) is 2.64. The van der Waals surface area contributed by atoms with Crippen molar-refractivity contribution >= 4 is 11.8 Å². The number of rotatable bonds is 4. The van der Waals surface area contributed by atoms with Crippen LogP contribution in [0.25, 0.3) is 0 Å². The number of phenols is 1. The standard InChI is InChI=1S/C14H22N2O3/c1-10-9-11(5-6-12(10)17)15-7-8-16-13(18)19-14(2,3)4/h5-6,9,15,17H,7-8H2,1-4H3,(H,16,18). The van der Waals surface area contributed by atoms with Crippen LogP contribution in [0.1, 0.15) is 26.3 Å². The van der Waals surface area contributed by atoms with Crippen LogP contribution in [0.2, 0.25) is 0 Å². The van der Waals surface area contributed by atoms with Crippen LogP contribution in [-0.2, 0) is 4.74 Å². The van der Waals surface area contributed by atoms with Gasteiger partial charge in [-0.3, -0.25) is 0 Å². The molecule has 1 rings (SSSR count). The van der Waals surface area contributed by atoms with E-state index in [-0.39, 0.29) is 5.75 Å². The maximum atomic E-state index is 11.4. The van der Waals surface area contributed by atoms with E-state index in [4.69, 9.17) is 4.74 Å². The normalized spacial score (nSPS) is 10.9. The number of aryl methyl sites for hydroxylation is 1. The smallest absolute Gasteiger partial charge is 0.407 e. The number of carbonyl (C=O) groups excluding carboxylic acids is 1. The van der Waals surface area contributed by atoms with Crippen molar-refractivity contribution in [1.29, 1.82) is 0 Å². The number of hydrogen-bond donors (Lipinski definition) is 3. The number of amides is 1. The minimum atomic E-state index is -0.481. The topological polar surface area (TPSA) is 70.6 Å². The fourth-order valence-electron chi connectivity index (χ4n) is 1.45. The largest absolute Gasteiger partial charge is 0.508 e. The second-order valence-electron chi connectivity index (χ2n) is 5.36. The quantitative estimate of drug-likeness (QED) is 0.579. The van der Waals surface area contributed by atoms with Gasteiger partial charge in [0.05, 0.1) is 0 Å². The van der Waals surface area contributed by atoms with Crippen LogP contribution in [0, 0.1) is 6.92 Å². The lowest BCUT2D eigenvalue weighted by Crippen LogP contribution is -2.34. The Bertz CT molecular complexity index is 439. The van der Waals surface area contributed by atoms with Gasteiger partial charge in [-0.15, -0.1) is 0 Å². The molecule has 1 aromatic rings. The summed E-state index contributed by atoms with van der Waals surface area (Å²) in [5.74, 6) is 0.275. The molecule has 0 aliphatic rings. The van der Waals surface area contributed by atoms with Crippen LogP contribution in [0.15, 0.2) is 18.2 Å². The number of phenolic OH excluding ortho intramolecular Hbond substituents is 1. The third-order valence-electron chi connectivity index (χ3n) is 2.32. The van der Waals surface area contributed by atoms with Crippen molar-refractivity contribution in [3.8, 4) is 5.75 Å². The maximum absolute atomic E-state index is 11.4. The molecule has 0 spiro atoms. The number of benzene rings is 1. The minimum Gasteiger partial charge on any atom is -0.508 e. The summed E-state index contributed by atoms with van der Waals surface area (Å²) >= 11 is 0. The fraction of sp³-hybridized carbons (Fsp3) is 0.500. The zero-order valence-corrected chi connectivity index (χ0v) is 11.9. The SMILES string of the molecule is Cc1cc(NCCNC(=O)OC(C)(C)C)ccc1O. The van der Waals surface area contributed by atoms with Gasteiger partial charge < -0.3 is 20.5 Å². The molecule has 1 amide bonds. The van der Waals surface area contributed by atoms with Crippen LogP contribution in [0.4, 0.5) is 10.5 Å². The molecule has 0 aliphatic carbocycles. The highest BCUT2D eigenvalue weighted by Gasteiger charge is 2.15. The van der Waals surface area contributed by atoms with E-state index in [1.165, 1.54) is 0 Å². The van der Waals surface area contributed by atoms with Gasteiger partial charge in [0.25, 0.3) is 0 Å². The Kier molecular flexibility index (Phi) is 5.03. The van der Waals surface area contributed by atoms with Gasteiger partial charge in [-0.25, -0.2) is 4.79 Å². The number of ether oxygens (including phenoxy) is 1. The molecular weight excluding hydrogens is 244 g/mol. The number of hydrogen-bond acceptors (Lipinski definition) is 4. The van der Waals surface area contributed by atoms with Gasteiger partial charge in [0.15, 0.2) is 0 Å². The molecule has 106 valence electrons. The summed E-state index contributed by atoms with van der Waals surface area (Å²) in [7, 11) is 0. The first-order valence-corrected chi connectivity index (χ1v) is 6.28. The van der Waals surface area contributed by atoms with Gasteiger partial charge in [0.1, 0.15) is 11.4 Å². The van der Waals surface area contributed by atoms with Crippen molar-refractivity contribution in [3.05, 3.63) is 23.8 Å². The summed E-state index contributed by atoms with van der Waals surface area (Å²) in [6, 6.07) is 5.28. The van der Waals surface area contributed by atoms with Crippen molar-refractivity contribution < 1.29 is 14.6 Å². The Morgan fingerprint density at radius 3 is 2.58 bits per heavy atom. The van der Waals surface area contributed by atoms with Crippen LogP contribution < -0.4 is 10.6 Å². The molecule has 1 aromatic carbocycles. The van der Waals surface area contributed by atoms with Crippen LogP contribution in [0.5, 0.6) is 5.75 Å². The van der Waals surface area contributed by atoms with Gasteiger partial charge in [0, 0.05) is 18.8 Å². The molecule has 0 atom stereocenters. The molecule has 0 fully saturated rings. The first kappa shape index (κ1) is 15.1. The van der Waals surface area contributed by atoms with E-state index in [9.17, 15) is 9.90 Å². The average molecular weight is 266 g/mol. The number of carbonyl (C=O) groups is 1. The van der Waals surface area contributed by atoms with E-state index in [2.05, 4.69) is 10.6 Å². The fourth-order valence-corrected chi connectivity index (χ4v) is 1.45. The van der Waals surface area contributed by atoms with Gasteiger partial charge in [-0.2, -0.15) is 0 Å². The van der Waals surface area contributed by atoms with E-state index in [1.54, 1.807) is 12.1 Å². The van der Waals surface area contributed by atoms with Gasteiger partial charge in [0.2, 0.25) is 0 Å². The first-order valence-electron chi connectivity index (χ1n) is 6.28. The molecule has 0 aromatic heterocycles. The number of nitrogens with one attached hydrogen (secondary N) is 2. The van der Waals surface area contributed by atoms with Gasteiger partial charge in [-0.1, -0.05) is 0 Å². The van der Waals surface area contributed by atoms with Crippen molar-refractivity contribution in [3.63, 3.8) is 0 Å². The lowest BCUT2D eigenvalue weighted by Gasteiger charge is -2.19. The van der Waals surface area contributed by atoms with E-state index >= 15 is 0 Å². The molecule has 0 unspecified atom stereocenters. The van der Waals surface area contributed by atoms with E-state index in [0.717, 1.165) is 11.3 Å². The molecular formula is C14H22N2O3. The molecule has 19 heavy (non-hydrogen) atoms. The highest BCUT2D eigenvalue weighted by Crippen LogP contribution is 2.19. The number of anilines is 1. The third-order valence-corrected chi connectivity index (χ3v) is 2.32. The van der Waals surface area contributed by atoms with Crippen LogP contribution >= 0.6 is 0 Å². The van der Waals surface area contributed by atoms with Crippen LogP contribution in [-0.4, -0.2) is 29.9 Å². The second-order valence-corrected chi connectivity index (χ2v) is 5.36. The summed E-state index contributed by atoms with van der Waals surface area (Å²) in [6.07, 6.45) is -0.420. The summed E-state index contributed by atoms with van der Waals surface area (Å²) < 4.78 is 5.11. The molecule has 0 aliphatic heterocycles. The molecule has 0 heterocycles. The Morgan fingerprint density at radius 2 is 2.00 bits per heavy atom. The van der Waals surface area contributed by atoms with Crippen molar-refractivity contribution in [2.45, 2.75) is 33.3 Å². The highest BCUT2D eigenvalue weighted by molar-refractivity contribution is 5.67. The lowest BCUT2D eigenvalue weighted by molar-refractivity contribution is 0.0530. The van der Waals surface area contributed by atoms with E-state index in [1.807, 2.05) is 33.8 Å². The average Bonchev–Trinajstić information content (AvgIpc) is 2.27. The minimum absolute atomic E-state index is 0.275. The monoisotopic (exact) mass is 266 g/mol. The van der Waals surface area contributed by atoms with Gasteiger partial charge in [-0.05, 0) is 51.5 Å². The molecule has 0 radical (unpaired) electrons. The van der Waals surface area contributed by atoms with Crippen molar-refractivity contribution in [2.24, 2.45) is 0 Å². The molecule has 0 bridgehead atoms. The van der Waals surface area contributed by atoms with E-state index in [0.29, 0.717) is 13.1 Å².